The molecule has 2 rings (SSSR count). The number of halogens is 2. The number of sulfonamides is 2. The molecule has 7 nitrogen and oxygen atoms in total. The van der Waals surface area contributed by atoms with Gasteiger partial charge in [-0.05, 0) is 6.07 Å². The average molecular weight is 374 g/mol. The Bertz CT molecular complexity index is 744. The summed E-state index contributed by atoms with van der Waals surface area (Å²) in [5.74, 6) is 0. The number of rotatable bonds is 3. The quantitative estimate of drug-likeness (QED) is 0.726. The van der Waals surface area contributed by atoms with Gasteiger partial charge in [0.05, 0.1) is 11.3 Å². The topological polar surface area (TPSA) is 87.7 Å². The summed E-state index contributed by atoms with van der Waals surface area (Å²) in [6.45, 7) is 0.394. The first kappa shape index (κ1) is 16.9. The van der Waals surface area contributed by atoms with Crippen LogP contribution in [0.15, 0.2) is 17.2 Å². The van der Waals surface area contributed by atoms with Crippen molar-refractivity contribution < 1.29 is 16.8 Å². The Balaban J connectivity index is 2.20. The summed E-state index contributed by atoms with van der Waals surface area (Å²) < 4.78 is 50.1. The van der Waals surface area contributed by atoms with Gasteiger partial charge >= 0.3 is 0 Å². The molecule has 0 atom stereocenters. The van der Waals surface area contributed by atoms with E-state index in [1.165, 1.54) is 14.7 Å². The third kappa shape index (κ3) is 3.66. The number of piperazine rings is 1. The van der Waals surface area contributed by atoms with E-state index in [2.05, 4.69) is 4.98 Å². The summed E-state index contributed by atoms with van der Waals surface area (Å²) >= 11 is 11.4. The van der Waals surface area contributed by atoms with Crippen LogP contribution in [0.3, 0.4) is 0 Å². The Morgan fingerprint density at radius 2 is 1.57 bits per heavy atom. The molecule has 2 heterocycles. The average Bonchev–Trinajstić information content (AvgIpc) is 2.41. The zero-order valence-electron chi connectivity index (χ0n) is 11.0. The van der Waals surface area contributed by atoms with Gasteiger partial charge in [-0.15, -0.1) is 0 Å². The second-order valence-electron chi connectivity index (χ2n) is 4.51. The van der Waals surface area contributed by atoms with Crippen LogP contribution in [0.5, 0.6) is 0 Å². The lowest BCUT2D eigenvalue weighted by atomic mass is 10.4. The van der Waals surface area contributed by atoms with E-state index in [0.29, 0.717) is 0 Å². The van der Waals surface area contributed by atoms with Crippen molar-refractivity contribution in [2.45, 2.75) is 4.90 Å². The maximum atomic E-state index is 12.4. The second-order valence-corrected chi connectivity index (χ2v) is 9.20. The van der Waals surface area contributed by atoms with Gasteiger partial charge in [0, 0.05) is 32.4 Å². The predicted molar refractivity (Wildman–Crippen MR) is 79.4 cm³/mol. The highest BCUT2D eigenvalue weighted by molar-refractivity contribution is 7.89. The minimum Gasteiger partial charge on any atom is -0.242 e. The molecule has 0 radical (unpaired) electrons. The van der Waals surface area contributed by atoms with E-state index < -0.39 is 20.0 Å². The van der Waals surface area contributed by atoms with Gasteiger partial charge in [-0.2, -0.15) is 8.61 Å². The molecule has 1 aliphatic heterocycles. The van der Waals surface area contributed by atoms with Crippen molar-refractivity contribution in [3.63, 3.8) is 0 Å². The van der Waals surface area contributed by atoms with Crippen LogP contribution in [0.1, 0.15) is 0 Å². The van der Waals surface area contributed by atoms with Gasteiger partial charge in [0.1, 0.15) is 10.0 Å². The number of nitrogens with zero attached hydrogens (tertiary/aromatic N) is 3. The van der Waals surface area contributed by atoms with E-state index in [4.69, 9.17) is 23.2 Å². The molecule has 0 aliphatic carbocycles. The van der Waals surface area contributed by atoms with Crippen molar-refractivity contribution >= 4 is 43.2 Å². The van der Waals surface area contributed by atoms with Crippen LogP contribution in [0.25, 0.3) is 0 Å². The monoisotopic (exact) mass is 373 g/mol. The molecule has 1 aromatic heterocycles. The van der Waals surface area contributed by atoms with Gasteiger partial charge in [0.15, 0.2) is 0 Å². The Hall–Kier alpha value is -0.450. The molecule has 0 bridgehead atoms. The minimum absolute atomic E-state index is 0.0255. The molecule has 0 unspecified atom stereocenters. The first-order chi connectivity index (χ1) is 9.62. The van der Waals surface area contributed by atoms with E-state index >= 15 is 0 Å². The summed E-state index contributed by atoms with van der Waals surface area (Å²) in [4.78, 5) is 3.65. The van der Waals surface area contributed by atoms with Gasteiger partial charge in [-0.25, -0.2) is 21.8 Å². The van der Waals surface area contributed by atoms with E-state index in [9.17, 15) is 16.8 Å². The Morgan fingerprint density at radius 3 is 2.05 bits per heavy atom. The second kappa shape index (κ2) is 5.98. The molecule has 1 aliphatic rings. The Kier molecular flexibility index (Phi) is 4.81. The molecule has 11 heteroatoms. The molecule has 0 N–H and O–H groups in total. The van der Waals surface area contributed by atoms with Crippen LogP contribution in [-0.4, -0.2) is 62.9 Å². The molecular weight excluding hydrogens is 361 g/mol. The van der Waals surface area contributed by atoms with Gasteiger partial charge in [0.25, 0.3) is 0 Å². The third-order valence-corrected chi connectivity index (χ3v) is 6.93. The molecule has 0 spiro atoms. The summed E-state index contributed by atoms with van der Waals surface area (Å²) in [7, 11) is -7.07. The van der Waals surface area contributed by atoms with Crippen LogP contribution in [0.4, 0.5) is 0 Å². The zero-order chi connectivity index (χ0) is 15.8. The smallest absolute Gasteiger partial charge is 0.242 e. The number of pyridine rings is 1. The number of hydrogen-bond donors (Lipinski definition) is 0. The van der Waals surface area contributed by atoms with Crippen molar-refractivity contribution in [3.8, 4) is 0 Å². The lowest BCUT2D eigenvalue weighted by molar-refractivity contribution is 0.274. The van der Waals surface area contributed by atoms with Gasteiger partial charge < -0.3 is 0 Å². The van der Waals surface area contributed by atoms with Crippen LogP contribution in [0.2, 0.25) is 10.2 Å². The highest BCUT2D eigenvalue weighted by Crippen LogP contribution is 2.25. The van der Waals surface area contributed by atoms with Crippen LogP contribution in [0, 0.1) is 0 Å². The molecule has 1 aromatic rings. The number of aromatic nitrogens is 1. The first-order valence-corrected chi connectivity index (χ1v) is 9.93. The van der Waals surface area contributed by atoms with Gasteiger partial charge in [-0.3, -0.25) is 0 Å². The van der Waals surface area contributed by atoms with E-state index in [-0.39, 0.29) is 41.3 Å². The standard InChI is InChI=1S/C10H13Cl2N3O4S2/c1-20(16,17)14-2-4-15(5-3-14)21(18,19)8-6-9(11)10(12)13-7-8/h6-7H,2-5H2,1H3. The lowest BCUT2D eigenvalue weighted by Crippen LogP contribution is -2.50. The van der Waals surface area contributed by atoms with Gasteiger partial charge in [-0.1, -0.05) is 23.2 Å². The van der Waals surface area contributed by atoms with Crippen LogP contribution in [-0.2, 0) is 20.0 Å². The molecule has 0 saturated carbocycles. The fraction of sp³-hybridized carbons (Fsp3) is 0.500. The summed E-state index contributed by atoms with van der Waals surface area (Å²) in [5.41, 5.74) is 0. The SMILES string of the molecule is CS(=O)(=O)N1CCN(S(=O)(=O)c2cnc(Cl)c(Cl)c2)CC1. The van der Waals surface area contributed by atoms with Crippen molar-refractivity contribution in [3.05, 3.63) is 22.4 Å². The number of hydrogen-bond acceptors (Lipinski definition) is 5. The highest BCUT2D eigenvalue weighted by Gasteiger charge is 2.31. The van der Waals surface area contributed by atoms with E-state index in [1.807, 2.05) is 0 Å². The highest BCUT2D eigenvalue weighted by atomic mass is 35.5. The molecule has 118 valence electrons. The van der Waals surface area contributed by atoms with Crippen molar-refractivity contribution in [2.75, 3.05) is 32.4 Å². The molecule has 0 amide bonds. The van der Waals surface area contributed by atoms with E-state index in [1.54, 1.807) is 0 Å². The van der Waals surface area contributed by atoms with Crippen molar-refractivity contribution in [1.29, 1.82) is 0 Å². The van der Waals surface area contributed by atoms with Crippen LogP contribution >= 0.6 is 23.2 Å². The fourth-order valence-electron chi connectivity index (χ4n) is 1.94. The third-order valence-electron chi connectivity index (χ3n) is 3.08. The minimum atomic E-state index is -3.76. The maximum Gasteiger partial charge on any atom is 0.244 e. The maximum absolute atomic E-state index is 12.4. The largest absolute Gasteiger partial charge is 0.244 e. The van der Waals surface area contributed by atoms with Crippen LogP contribution < -0.4 is 0 Å². The first-order valence-electron chi connectivity index (χ1n) is 5.88. The lowest BCUT2D eigenvalue weighted by Gasteiger charge is -2.32. The molecule has 0 aromatic carbocycles. The fourth-order valence-corrected chi connectivity index (χ4v) is 4.49. The Labute approximate surface area is 133 Å². The van der Waals surface area contributed by atoms with E-state index in [0.717, 1.165) is 12.5 Å². The molecular formula is C10H13Cl2N3O4S2. The molecule has 21 heavy (non-hydrogen) atoms. The molecule has 1 fully saturated rings. The summed E-state index contributed by atoms with van der Waals surface area (Å²) in [6, 6.07) is 1.23. The summed E-state index contributed by atoms with van der Waals surface area (Å²) in [6.07, 6.45) is 2.23. The normalized spacial score (nSPS) is 18.8. The van der Waals surface area contributed by atoms with Crippen molar-refractivity contribution in [1.82, 2.24) is 13.6 Å². The molecule has 1 saturated heterocycles. The summed E-state index contributed by atoms with van der Waals surface area (Å²) in [5, 5.41) is 0.0741. The van der Waals surface area contributed by atoms with Gasteiger partial charge in [0.2, 0.25) is 20.0 Å². The zero-order valence-corrected chi connectivity index (χ0v) is 14.2. The predicted octanol–water partition coefficient (Wildman–Crippen LogP) is 0.654. The van der Waals surface area contributed by atoms with Crippen molar-refractivity contribution in [2.24, 2.45) is 0 Å². The Morgan fingerprint density at radius 1 is 1.05 bits per heavy atom.